The van der Waals surface area contributed by atoms with Crippen LogP contribution in [-0.4, -0.2) is 57.1 Å². The molecule has 0 unspecified atom stereocenters. The largest absolute Gasteiger partial charge is 0.354 e. The van der Waals surface area contributed by atoms with Gasteiger partial charge in [0.2, 0.25) is 21.8 Å². The number of anilines is 1. The number of carbonyl (C=O) groups excluding carboxylic acids is 2. The fourth-order valence-electron chi connectivity index (χ4n) is 3.90. The summed E-state index contributed by atoms with van der Waals surface area (Å²) in [6, 6.07) is 16.2. The second kappa shape index (κ2) is 13.3. The fourth-order valence-corrected chi connectivity index (χ4v) is 4.77. The zero-order valence-electron chi connectivity index (χ0n) is 21.5. The lowest BCUT2D eigenvalue weighted by atomic mass is 10.0. The maximum atomic E-state index is 13.6. The molecule has 0 aliphatic heterocycles. The van der Waals surface area contributed by atoms with Crippen molar-refractivity contribution < 1.29 is 18.0 Å². The number of unbranched alkanes of at least 4 members (excludes halogenated alkanes) is 1. The molecule has 192 valence electrons. The highest BCUT2D eigenvalue weighted by Gasteiger charge is 2.30. The van der Waals surface area contributed by atoms with E-state index in [-0.39, 0.29) is 18.4 Å². The Bertz CT molecular complexity index is 1070. The van der Waals surface area contributed by atoms with Crippen LogP contribution in [0.3, 0.4) is 0 Å². The van der Waals surface area contributed by atoms with Gasteiger partial charge >= 0.3 is 0 Å². The summed E-state index contributed by atoms with van der Waals surface area (Å²) in [7, 11) is -3.75. The van der Waals surface area contributed by atoms with E-state index in [1.54, 1.807) is 19.1 Å². The van der Waals surface area contributed by atoms with Crippen LogP contribution in [0, 0.1) is 0 Å². The van der Waals surface area contributed by atoms with E-state index in [1.165, 1.54) is 4.90 Å². The van der Waals surface area contributed by atoms with Crippen LogP contribution < -0.4 is 9.62 Å². The number of para-hydroxylation sites is 1. The van der Waals surface area contributed by atoms with E-state index in [0.29, 0.717) is 25.2 Å². The number of sulfonamides is 1. The lowest BCUT2D eigenvalue weighted by Gasteiger charge is -2.32. The maximum absolute atomic E-state index is 13.6. The van der Waals surface area contributed by atoms with E-state index in [9.17, 15) is 18.0 Å². The summed E-state index contributed by atoms with van der Waals surface area (Å²) in [6.07, 6.45) is 3.46. The molecule has 2 rings (SSSR count). The van der Waals surface area contributed by atoms with Crippen molar-refractivity contribution >= 4 is 27.5 Å². The minimum Gasteiger partial charge on any atom is -0.354 e. The second-order valence-electron chi connectivity index (χ2n) is 9.13. The standard InChI is InChI=1S/C27H39N3O4S/c1-6-7-18-28-27(32)22(4)29(19-17-23-13-9-8-10-14-23)26(31)20-30(35(5,33)34)25-16-12-11-15-24(25)21(2)3/h8-16,21-22H,6-7,17-20H2,1-5H3,(H,28,32)/t22-/m1/s1. The van der Waals surface area contributed by atoms with Crippen LogP contribution in [-0.2, 0) is 26.0 Å². The SMILES string of the molecule is CCCCNC(=O)[C@@H](C)N(CCc1ccccc1)C(=O)CN(c1ccccc1C(C)C)S(C)(=O)=O. The highest BCUT2D eigenvalue weighted by molar-refractivity contribution is 7.92. The Morgan fingerprint density at radius 2 is 1.60 bits per heavy atom. The van der Waals surface area contributed by atoms with Crippen molar-refractivity contribution in [3.05, 3.63) is 65.7 Å². The minimum absolute atomic E-state index is 0.0722. The van der Waals surface area contributed by atoms with Gasteiger partial charge in [-0.2, -0.15) is 0 Å². The van der Waals surface area contributed by atoms with E-state index < -0.39 is 22.0 Å². The van der Waals surface area contributed by atoms with Gasteiger partial charge in [-0.3, -0.25) is 13.9 Å². The van der Waals surface area contributed by atoms with Crippen molar-refractivity contribution in [2.45, 2.75) is 58.9 Å². The molecule has 8 heteroatoms. The molecular weight excluding hydrogens is 462 g/mol. The zero-order chi connectivity index (χ0) is 26.0. The Morgan fingerprint density at radius 1 is 0.971 bits per heavy atom. The number of carbonyl (C=O) groups is 2. The van der Waals surface area contributed by atoms with Gasteiger partial charge < -0.3 is 10.2 Å². The van der Waals surface area contributed by atoms with Crippen LogP contribution in [0.4, 0.5) is 5.69 Å². The average Bonchev–Trinajstić information content (AvgIpc) is 2.82. The molecule has 7 nitrogen and oxygen atoms in total. The van der Waals surface area contributed by atoms with Crippen LogP contribution >= 0.6 is 0 Å². The molecule has 0 fully saturated rings. The molecule has 0 radical (unpaired) electrons. The third-order valence-electron chi connectivity index (χ3n) is 5.99. The Labute approximate surface area is 210 Å². The van der Waals surface area contributed by atoms with Crippen molar-refractivity contribution in [1.82, 2.24) is 10.2 Å². The predicted molar refractivity (Wildman–Crippen MR) is 142 cm³/mol. The molecule has 1 N–H and O–H groups in total. The molecule has 0 bridgehead atoms. The molecule has 0 aliphatic carbocycles. The van der Waals surface area contributed by atoms with Crippen molar-refractivity contribution in [3.8, 4) is 0 Å². The van der Waals surface area contributed by atoms with Gasteiger partial charge in [-0.05, 0) is 42.9 Å². The average molecular weight is 502 g/mol. The first-order valence-electron chi connectivity index (χ1n) is 12.2. The molecule has 0 saturated heterocycles. The highest BCUT2D eigenvalue weighted by Crippen LogP contribution is 2.29. The van der Waals surface area contributed by atoms with Crippen LogP contribution in [0.5, 0.6) is 0 Å². The lowest BCUT2D eigenvalue weighted by Crippen LogP contribution is -2.52. The van der Waals surface area contributed by atoms with Crippen molar-refractivity contribution in [2.75, 3.05) is 30.2 Å². The van der Waals surface area contributed by atoms with Crippen LogP contribution in [0.15, 0.2) is 54.6 Å². The number of hydrogen-bond donors (Lipinski definition) is 1. The summed E-state index contributed by atoms with van der Waals surface area (Å²) in [6.45, 7) is 8.17. The molecule has 0 heterocycles. The van der Waals surface area contributed by atoms with Crippen molar-refractivity contribution in [3.63, 3.8) is 0 Å². The molecule has 0 aliphatic rings. The Kier molecular flexibility index (Phi) is 10.8. The number of nitrogens with one attached hydrogen (secondary N) is 1. The van der Waals surface area contributed by atoms with Gasteiger partial charge in [0.15, 0.2) is 0 Å². The van der Waals surface area contributed by atoms with E-state index in [0.717, 1.165) is 34.5 Å². The van der Waals surface area contributed by atoms with Gasteiger partial charge in [-0.15, -0.1) is 0 Å². The van der Waals surface area contributed by atoms with Gasteiger partial charge in [0.1, 0.15) is 12.6 Å². The summed E-state index contributed by atoms with van der Waals surface area (Å²) < 4.78 is 26.8. The van der Waals surface area contributed by atoms with Crippen LogP contribution in [0.2, 0.25) is 0 Å². The number of nitrogens with zero attached hydrogens (tertiary/aromatic N) is 2. The predicted octanol–water partition coefficient (Wildman–Crippen LogP) is 3.95. The number of hydrogen-bond acceptors (Lipinski definition) is 4. The van der Waals surface area contributed by atoms with Gasteiger partial charge in [-0.1, -0.05) is 75.7 Å². The van der Waals surface area contributed by atoms with E-state index in [4.69, 9.17) is 0 Å². The van der Waals surface area contributed by atoms with Gasteiger partial charge in [0, 0.05) is 13.1 Å². The lowest BCUT2D eigenvalue weighted by molar-refractivity contribution is -0.138. The summed E-state index contributed by atoms with van der Waals surface area (Å²) in [5, 5.41) is 2.89. The molecule has 1 atom stereocenters. The zero-order valence-corrected chi connectivity index (χ0v) is 22.3. The second-order valence-corrected chi connectivity index (χ2v) is 11.0. The van der Waals surface area contributed by atoms with Gasteiger partial charge in [0.25, 0.3) is 0 Å². The summed E-state index contributed by atoms with van der Waals surface area (Å²) in [4.78, 5) is 27.9. The highest BCUT2D eigenvalue weighted by atomic mass is 32.2. The van der Waals surface area contributed by atoms with E-state index in [2.05, 4.69) is 5.32 Å². The summed E-state index contributed by atoms with van der Waals surface area (Å²) in [5.74, 6) is -0.584. The topological polar surface area (TPSA) is 86.8 Å². The maximum Gasteiger partial charge on any atom is 0.244 e. The third-order valence-corrected chi connectivity index (χ3v) is 7.11. The Morgan fingerprint density at radius 3 is 2.20 bits per heavy atom. The normalized spacial score (nSPS) is 12.3. The van der Waals surface area contributed by atoms with E-state index in [1.807, 2.05) is 63.2 Å². The third kappa shape index (κ3) is 8.38. The smallest absolute Gasteiger partial charge is 0.244 e. The first kappa shape index (κ1) is 28.4. The summed E-state index contributed by atoms with van der Waals surface area (Å²) in [5.41, 5.74) is 2.36. The molecular formula is C27H39N3O4S. The molecule has 0 spiro atoms. The van der Waals surface area contributed by atoms with Crippen molar-refractivity contribution in [2.24, 2.45) is 0 Å². The molecule has 35 heavy (non-hydrogen) atoms. The molecule has 2 amide bonds. The molecule has 0 saturated carbocycles. The quantitative estimate of drug-likeness (QED) is 0.421. The van der Waals surface area contributed by atoms with E-state index >= 15 is 0 Å². The molecule has 0 aromatic heterocycles. The first-order valence-corrected chi connectivity index (χ1v) is 14.1. The monoisotopic (exact) mass is 501 g/mol. The Balaban J connectivity index is 2.34. The molecule has 2 aromatic rings. The number of rotatable bonds is 13. The van der Waals surface area contributed by atoms with Gasteiger partial charge in [0.05, 0.1) is 11.9 Å². The van der Waals surface area contributed by atoms with Crippen LogP contribution in [0.25, 0.3) is 0 Å². The van der Waals surface area contributed by atoms with Gasteiger partial charge in [-0.25, -0.2) is 8.42 Å². The summed E-state index contributed by atoms with van der Waals surface area (Å²) >= 11 is 0. The minimum atomic E-state index is -3.75. The number of benzene rings is 2. The number of amides is 2. The first-order chi connectivity index (χ1) is 16.6. The van der Waals surface area contributed by atoms with Crippen molar-refractivity contribution in [1.29, 1.82) is 0 Å². The fraction of sp³-hybridized carbons (Fsp3) is 0.481. The van der Waals surface area contributed by atoms with Crippen LogP contribution in [0.1, 0.15) is 57.6 Å². The Hall–Kier alpha value is -2.87. The molecule has 2 aromatic carbocycles.